The fourth-order valence-electron chi connectivity index (χ4n) is 0.781. The zero-order valence-corrected chi connectivity index (χ0v) is 7.23. The second-order valence-corrected chi connectivity index (χ2v) is 2.51. The number of para-hydroxylation sites is 1. The lowest BCUT2D eigenvalue weighted by molar-refractivity contribution is -0.114. The van der Waals surface area contributed by atoms with Crippen molar-refractivity contribution in [3.63, 3.8) is 0 Å². The molecule has 0 atom stereocenters. The smallest absolute Gasteiger partial charge is 0.307 e. The van der Waals surface area contributed by atoms with Crippen LogP contribution in [0.4, 0.5) is 10.5 Å². The van der Waals surface area contributed by atoms with E-state index >= 15 is 0 Å². The molecule has 4 nitrogen and oxygen atoms in total. The molecule has 3 amide bonds. The Labute approximate surface area is 76.2 Å². The molecule has 1 aromatic rings. The van der Waals surface area contributed by atoms with Gasteiger partial charge >= 0.3 is 6.03 Å². The van der Waals surface area contributed by atoms with Gasteiger partial charge in [-0.1, -0.05) is 18.2 Å². The van der Waals surface area contributed by atoms with E-state index in [0.717, 1.165) is 4.90 Å². The van der Waals surface area contributed by atoms with E-state index in [4.69, 9.17) is 0 Å². The number of rotatable bonds is 2. The summed E-state index contributed by atoms with van der Waals surface area (Å²) in [6, 6.07) is 8.50. The second kappa shape index (κ2) is 4.25. The first-order chi connectivity index (χ1) is 6.24. The molecule has 0 aliphatic rings. The molecule has 1 N–H and O–H groups in total. The van der Waals surface area contributed by atoms with Crippen LogP contribution in [0, 0.1) is 0 Å². The molecule has 4 heteroatoms. The third-order valence-electron chi connectivity index (χ3n) is 1.50. The fraction of sp³-hybridized carbons (Fsp3) is 0.111. The molecular formula is C9H10N2O2. The first kappa shape index (κ1) is 9.25. The Hall–Kier alpha value is -1.84. The van der Waals surface area contributed by atoms with Crippen molar-refractivity contribution in [2.24, 2.45) is 0 Å². The number of hydrogen-bond donors (Lipinski definition) is 1. The highest BCUT2D eigenvalue weighted by atomic mass is 16.2. The minimum absolute atomic E-state index is 0.443. The molecule has 13 heavy (non-hydrogen) atoms. The lowest BCUT2D eigenvalue weighted by Crippen LogP contribution is -2.29. The molecule has 0 bridgehead atoms. The van der Waals surface area contributed by atoms with Crippen molar-refractivity contribution in [3.8, 4) is 0 Å². The first-order valence-electron chi connectivity index (χ1n) is 3.78. The summed E-state index contributed by atoms with van der Waals surface area (Å²) in [6.07, 6.45) is 0.457. The van der Waals surface area contributed by atoms with Gasteiger partial charge < -0.3 is 5.32 Å². The Morgan fingerprint density at radius 2 is 2.00 bits per heavy atom. The van der Waals surface area contributed by atoms with Crippen molar-refractivity contribution in [1.29, 1.82) is 0 Å². The molecule has 0 spiro atoms. The topological polar surface area (TPSA) is 49.4 Å². The average Bonchev–Trinajstić information content (AvgIpc) is 2.18. The molecule has 0 unspecified atom stereocenters. The maximum absolute atomic E-state index is 11.1. The zero-order chi connectivity index (χ0) is 9.68. The van der Waals surface area contributed by atoms with Crippen LogP contribution in [0.15, 0.2) is 30.3 Å². The molecule has 0 fully saturated rings. The number of hydrogen-bond acceptors (Lipinski definition) is 2. The summed E-state index contributed by atoms with van der Waals surface area (Å²) >= 11 is 0. The van der Waals surface area contributed by atoms with Gasteiger partial charge in [-0.15, -0.1) is 0 Å². The molecule has 0 aliphatic carbocycles. The summed E-state index contributed by atoms with van der Waals surface area (Å²) in [6.45, 7) is 0. The number of nitrogens with zero attached hydrogens (tertiary/aromatic N) is 1. The third-order valence-corrected chi connectivity index (χ3v) is 1.50. The third kappa shape index (κ3) is 2.59. The summed E-state index contributed by atoms with van der Waals surface area (Å²) in [5.74, 6) is 0. The van der Waals surface area contributed by atoms with Gasteiger partial charge in [0, 0.05) is 12.7 Å². The van der Waals surface area contributed by atoms with Gasteiger partial charge in [-0.25, -0.2) is 4.79 Å². The van der Waals surface area contributed by atoms with Crippen molar-refractivity contribution in [1.82, 2.24) is 4.90 Å². The van der Waals surface area contributed by atoms with Crippen molar-refractivity contribution < 1.29 is 9.59 Å². The Bertz CT molecular complexity index is 298. The van der Waals surface area contributed by atoms with Crippen molar-refractivity contribution in [2.45, 2.75) is 0 Å². The fourth-order valence-corrected chi connectivity index (χ4v) is 0.781. The van der Waals surface area contributed by atoms with Crippen molar-refractivity contribution >= 4 is 18.1 Å². The van der Waals surface area contributed by atoms with E-state index in [0.29, 0.717) is 12.1 Å². The van der Waals surface area contributed by atoms with Gasteiger partial charge in [0.05, 0.1) is 0 Å². The first-order valence-corrected chi connectivity index (χ1v) is 3.78. The molecular weight excluding hydrogens is 168 g/mol. The molecule has 1 rings (SSSR count). The number of amides is 3. The van der Waals surface area contributed by atoms with Crippen LogP contribution < -0.4 is 5.32 Å². The quantitative estimate of drug-likeness (QED) is 0.694. The van der Waals surface area contributed by atoms with Crippen LogP contribution >= 0.6 is 0 Å². The molecule has 0 radical (unpaired) electrons. The van der Waals surface area contributed by atoms with Gasteiger partial charge in [0.2, 0.25) is 6.41 Å². The van der Waals surface area contributed by atoms with Gasteiger partial charge in [-0.3, -0.25) is 9.69 Å². The number of urea groups is 1. The summed E-state index contributed by atoms with van der Waals surface area (Å²) in [5.41, 5.74) is 0.668. The van der Waals surface area contributed by atoms with E-state index in [1.807, 2.05) is 6.07 Å². The molecule has 0 aliphatic heterocycles. The highest BCUT2D eigenvalue weighted by Gasteiger charge is 2.05. The highest BCUT2D eigenvalue weighted by molar-refractivity contribution is 5.95. The van der Waals surface area contributed by atoms with Crippen LogP contribution in [-0.2, 0) is 4.79 Å². The summed E-state index contributed by atoms with van der Waals surface area (Å²) in [7, 11) is 1.39. The lowest BCUT2D eigenvalue weighted by atomic mass is 10.3. The minimum Gasteiger partial charge on any atom is -0.307 e. The molecule has 0 aromatic heterocycles. The Kier molecular flexibility index (Phi) is 3.03. The van der Waals surface area contributed by atoms with E-state index in [-0.39, 0.29) is 0 Å². The van der Waals surface area contributed by atoms with Crippen LogP contribution in [0.5, 0.6) is 0 Å². The number of imide groups is 1. The number of carbonyl (C=O) groups excluding carboxylic acids is 2. The maximum atomic E-state index is 11.1. The average molecular weight is 178 g/mol. The van der Waals surface area contributed by atoms with Crippen LogP contribution in [0.25, 0.3) is 0 Å². The Balaban J connectivity index is 2.60. The number of nitrogens with one attached hydrogen (secondary N) is 1. The summed E-state index contributed by atoms with van der Waals surface area (Å²) in [4.78, 5) is 22.3. The van der Waals surface area contributed by atoms with E-state index in [1.165, 1.54) is 7.05 Å². The SMILES string of the molecule is CN(C=O)C(=O)Nc1ccccc1. The van der Waals surface area contributed by atoms with E-state index < -0.39 is 6.03 Å². The minimum atomic E-state index is -0.443. The van der Waals surface area contributed by atoms with Gasteiger partial charge in [0.15, 0.2) is 0 Å². The predicted molar refractivity (Wildman–Crippen MR) is 49.3 cm³/mol. The van der Waals surface area contributed by atoms with Crippen LogP contribution in [-0.4, -0.2) is 24.4 Å². The van der Waals surface area contributed by atoms with Crippen LogP contribution in [0.1, 0.15) is 0 Å². The number of carbonyl (C=O) groups is 2. The van der Waals surface area contributed by atoms with E-state index in [9.17, 15) is 9.59 Å². The van der Waals surface area contributed by atoms with Gasteiger partial charge in [0.25, 0.3) is 0 Å². The van der Waals surface area contributed by atoms with Crippen LogP contribution in [0.3, 0.4) is 0 Å². The summed E-state index contributed by atoms with van der Waals surface area (Å²) in [5, 5.41) is 2.55. The molecule has 0 heterocycles. The lowest BCUT2D eigenvalue weighted by Gasteiger charge is -2.09. The van der Waals surface area contributed by atoms with Crippen molar-refractivity contribution in [3.05, 3.63) is 30.3 Å². The maximum Gasteiger partial charge on any atom is 0.328 e. The molecule has 0 saturated carbocycles. The number of anilines is 1. The van der Waals surface area contributed by atoms with Crippen molar-refractivity contribution in [2.75, 3.05) is 12.4 Å². The van der Waals surface area contributed by atoms with Gasteiger partial charge in [-0.2, -0.15) is 0 Å². The number of benzene rings is 1. The van der Waals surface area contributed by atoms with E-state index in [1.54, 1.807) is 24.3 Å². The Morgan fingerprint density at radius 1 is 1.38 bits per heavy atom. The highest BCUT2D eigenvalue weighted by Crippen LogP contribution is 2.04. The zero-order valence-electron chi connectivity index (χ0n) is 7.23. The van der Waals surface area contributed by atoms with E-state index in [2.05, 4.69) is 5.32 Å². The largest absolute Gasteiger partial charge is 0.328 e. The summed E-state index contributed by atoms with van der Waals surface area (Å²) < 4.78 is 0. The van der Waals surface area contributed by atoms with Gasteiger partial charge in [-0.05, 0) is 12.1 Å². The molecule has 68 valence electrons. The second-order valence-electron chi connectivity index (χ2n) is 2.51. The standard InChI is InChI=1S/C9H10N2O2/c1-11(7-12)9(13)10-8-5-3-2-4-6-8/h2-7H,1H3,(H,10,13). The molecule has 0 saturated heterocycles. The predicted octanol–water partition coefficient (Wildman–Crippen LogP) is 1.31. The monoisotopic (exact) mass is 178 g/mol. The normalized spacial score (nSPS) is 9.00. The van der Waals surface area contributed by atoms with Gasteiger partial charge in [0.1, 0.15) is 0 Å². The van der Waals surface area contributed by atoms with Crippen LogP contribution in [0.2, 0.25) is 0 Å². The Morgan fingerprint density at radius 3 is 2.54 bits per heavy atom. The molecule has 1 aromatic carbocycles.